The molecule has 3 heterocycles. The van der Waals surface area contributed by atoms with Gasteiger partial charge in [0.15, 0.2) is 0 Å². The Hall–Kier alpha value is -2.97. The normalized spacial score (nSPS) is 15.2. The summed E-state index contributed by atoms with van der Waals surface area (Å²) in [6, 6.07) is 11.9. The van der Waals surface area contributed by atoms with Crippen molar-refractivity contribution in [3.05, 3.63) is 80.1 Å². The zero-order valence-corrected chi connectivity index (χ0v) is 19.8. The predicted molar refractivity (Wildman–Crippen MR) is 135 cm³/mol. The number of pyridine rings is 1. The fourth-order valence-corrected chi connectivity index (χ4v) is 4.81. The zero-order chi connectivity index (χ0) is 22.8. The van der Waals surface area contributed by atoms with Gasteiger partial charge in [0.1, 0.15) is 15.8 Å². The van der Waals surface area contributed by atoms with E-state index >= 15 is 0 Å². The molecule has 0 atom stereocenters. The third-order valence-electron chi connectivity index (χ3n) is 5.26. The summed E-state index contributed by atoms with van der Waals surface area (Å²) >= 11 is 6.60. The smallest absolute Gasteiger partial charge is 0.267 e. The van der Waals surface area contributed by atoms with E-state index in [1.165, 1.54) is 21.7 Å². The molecule has 0 unspecified atom stereocenters. The maximum atomic E-state index is 13.4. The van der Waals surface area contributed by atoms with Crippen LogP contribution >= 0.6 is 24.0 Å². The molecule has 0 bridgehead atoms. The minimum Gasteiger partial charge on any atom is -0.365 e. The molecule has 6 nitrogen and oxygen atoms in total. The largest absolute Gasteiger partial charge is 0.365 e. The van der Waals surface area contributed by atoms with Gasteiger partial charge in [0.2, 0.25) is 0 Å². The molecule has 3 aromatic rings. The number of hydrogen-bond donors (Lipinski definition) is 1. The Balaban J connectivity index is 1.79. The van der Waals surface area contributed by atoms with Gasteiger partial charge in [-0.3, -0.25) is 18.9 Å². The number of aromatic nitrogens is 2. The number of thiocarbonyl (C=S) groups is 1. The van der Waals surface area contributed by atoms with Crippen LogP contribution < -0.4 is 10.9 Å². The summed E-state index contributed by atoms with van der Waals surface area (Å²) in [5.74, 6) is 0.283. The molecular weight excluding hydrogens is 440 g/mol. The molecule has 32 heavy (non-hydrogen) atoms. The third kappa shape index (κ3) is 4.33. The minimum atomic E-state index is -0.231. The average Bonchev–Trinajstić information content (AvgIpc) is 3.04. The number of aryl methyl sites for hydroxylation is 2. The molecule has 1 N–H and O–H groups in total. The molecule has 1 saturated heterocycles. The Bertz CT molecular complexity index is 1300. The molecule has 164 valence electrons. The van der Waals surface area contributed by atoms with E-state index in [4.69, 9.17) is 17.2 Å². The highest BCUT2D eigenvalue weighted by molar-refractivity contribution is 8.26. The van der Waals surface area contributed by atoms with Gasteiger partial charge in [-0.25, -0.2) is 4.98 Å². The lowest BCUT2D eigenvalue weighted by Gasteiger charge is -2.13. The van der Waals surface area contributed by atoms with Crippen molar-refractivity contribution in [1.82, 2.24) is 14.3 Å². The lowest BCUT2D eigenvalue weighted by Crippen LogP contribution is -2.28. The van der Waals surface area contributed by atoms with E-state index in [-0.39, 0.29) is 11.5 Å². The average molecular weight is 465 g/mol. The lowest BCUT2D eigenvalue weighted by atomic mass is 10.1. The Morgan fingerprint density at radius 1 is 1.16 bits per heavy atom. The molecule has 0 radical (unpaired) electrons. The number of carbonyl (C=O) groups excluding carboxylic acids is 1. The minimum absolute atomic E-state index is 0.167. The Morgan fingerprint density at radius 3 is 2.62 bits per heavy atom. The van der Waals surface area contributed by atoms with Gasteiger partial charge in [0.05, 0.1) is 10.5 Å². The molecule has 8 heteroatoms. The molecule has 0 spiro atoms. The van der Waals surface area contributed by atoms with Gasteiger partial charge in [-0.05, 0) is 43.5 Å². The van der Waals surface area contributed by atoms with Gasteiger partial charge in [-0.15, -0.1) is 0 Å². The van der Waals surface area contributed by atoms with E-state index in [9.17, 15) is 9.59 Å². The van der Waals surface area contributed by atoms with Crippen molar-refractivity contribution in [2.75, 3.05) is 11.9 Å². The molecule has 0 aliphatic carbocycles. The number of carbonyl (C=O) groups is 1. The first-order chi connectivity index (χ1) is 15.4. The maximum Gasteiger partial charge on any atom is 0.267 e. The first-order valence-corrected chi connectivity index (χ1v) is 11.7. The number of fused-ring (bicyclic) bond motifs is 1. The van der Waals surface area contributed by atoms with E-state index < -0.39 is 0 Å². The fraction of sp³-hybridized carbons (Fsp3) is 0.250. The van der Waals surface area contributed by atoms with Gasteiger partial charge in [-0.1, -0.05) is 66.8 Å². The van der Waals surface area contributed by atoms with Gasteiger partial charge in [0.25, 0.3) is 11.5 Å². The number of benzene rings is 1. The SMILES string of the molecule is CCCN1C(=O)C(=Cc2c(NCc3ccc(C)cc3)nc3c(C)cccn3c2=O)SC1=S. The Labute approximate surface area is 196 Å². The van der Waals surface area contributed by atoms with E-state index in [1.807, 2.05) is 57.2 Å². The summed E-state index contributed by atoms with van der Waals surface area (Å²) < 4.78 is 2.03. The van der Waals surface area contributed by atoms with Crippen LogP contribution in [0, 0.1) is 13.8 Å². The molecular formula is C24H24N4O2S2. The zero-order valence-electron chi connectivity index (χ0n) is 18.2. The first-order valence-electron chi connectivity index (χ1n) is 10.5. The van der Waals surface area contributed by atoms with Crippen LogP contribution in [0.2, 0.25) is 0 Å². The number of rotatable bonds is 6. The summed E-state index contributed by atoms with van der Waals surface area (Å²) in [5, 5.41) is 3.31. The molecule has 1 aliphatic rings. The standard InChI is InChI=1S/C24H24N4O2S2/c1-4-11-28-23(30)19(32-24(28)31)13-18-20(25-14-17-9-7-15(2)8-10-17)26-21-16(3)6-5-12-27(21)22(18)29/h5-10,12-13,25H,4,11,14H2,1-3H3. The number of nitrogens with zero attached hydrogens (tertiary/aromatic N) is 3. The Kier molecular flexibility index (Phi) is 6.43. The van der Waals surface area contributed by atoms with E-state index in [0.29, 0.717) is 39.3 Å². The first kappa shape index (κ1) is 22.2. The van der Waals surface area contributed by atoms with Crippen molar-refractivity contribution < 1.29 is 4.79 Å². The monoisotopic (exact) mass is 464 g/mol. The number of hydrogen-bond acceptors (Lipinski definition) is 6. The van der Waals surface area contributed by atoms with Crippen LogP contribution in [-0.2, 0) is 11.3 Å². The van der Waals surface area contributed by atoms with E-state index in [2.05, 4.69) is 5.32 Å². The van der Waals surface area contributed by atoms with Gasteiger partial charge in [0, 0.05) is 19.3 Å². The number of amides is 1. The fourth-order valence-electron chi connectivity index (χ4n) is 3.52. The molecule has 0 saturated carbocycles. The second-order valence-corrected chi connectivity index (χ2v) is 9.41. The second kappa shape index (κ2) is 9.26. The van der Waals surface area contributed by atoms with Crippen LogP contribution in [0.3, 0.4) is 0 Å². The van der Waals surface area contributed by atoms with E-state index in [1.54, 1.807) is 17.2 Å². The molecule has 1 fully saturated rings. The third-order valence-corrected chi connectivity index (χ3v) is 6.64. The summed E-state index contributed by atoms with van der Waals surface area (Å²) in [7, 11) is 0. The van der Waals surface area contributed by atoms with Crippen molar-refractivity contribution in [2.45, 2.75) is 33.7 Å². The van der Waals surface area contributed by atoms with Crippen LogP contribution in [0.1, 0.15) is 35.6 Å². The molecule has 1 aliphatic heterocycles. The highest BCUT2D eigenvalue weighted by atomic mass is 32.2. The van der Waals surface area contributed by atoms with Gasteiger partial charge < -0.3 is 5.32 Å². The molecule has 4 rings (SSSR count). The second-order valence-electron chi connectivity index (χ2n) is 7.74. The molecule has 1 aromatic carbocycles. The number of anilines is 1. The molecule has 1 amide bonds. The van der Waals surface area contributed by atoms with Crippen LogP contribution in [0.15, 0.2) is 52.3 Å². The van der Waals surface area contributed by atoms with Crippen LogP contribution in [0.5, 0.6) is 0 Å². The van der Waals surface area contributed by atoms with Crippen LogP contribution in [-0.4, -0.2) is 31.1 Å². The topological polar surface area (TPSA) is 66.7 Å². The van der Waals surface area contributed by atoms with Crippen molar-refractivity contribution in [3.8, 4) is 0 Å². The van der Waals surface area contributed by atoms with Crippen molar-refractivity contribution in [3.63, 3.8) is 0 Å². The summed E-state index contributed by atoms with van der Waals surface area (Å²) in [5.41, 5.74) is 3.84. The highest BCUT2D eigenvalue weighted by Crippen LogP contribution is 2.33. The van der Waals surface area contributed by atoms with Crippen LogP contribution in [0.4, 0.5) is 5.82 Å². The summed E-state index contributed by atoms with van der Waals surface area (Å²) in [4.78, 5) is 33.0. The van der Waals surface area contributed by atoms with Crippen molar-refractivity contribution >= 4 is 51.7 Å². The maximum absolute atomic E-state index is 13.4. The summed E-state index contributed by atoms with van der Waals surface area (Å²) in [6.07, 6.45) is 4.13. The molecule has 2 aromatic heterocycles. The predicted octanol–water partition coefficient (Wildman–Crippen LogP) is 4.53. The highest BCUT2D eigenvalue weighted by Gasteiger charge is 2.32. The number of nitrogens with one attached hydrogen (secondary N) is 1. The van der Waals surface area contributed by atoms with E-state index in [0.717, 1.165) is 17.5 Å². The van der Waals surface area contributed by atoms with Gasteiger partial charge >= 0.3 is 0 Å². The summed E-state index contributed by atoms with van der Waals surface area (Å²) in [6.45, 7) is 7.03. The Morgan fingerprint density at radius 2 is 1.91 bits per heavy atom. The quantitative estimate of drug-likeness (QED) is 0.427. The lowest BCUT2D eigenvalue weighted by molar-refractivity contribution is -0.122. The van der Waals surface area contributed by atoms with Gasteiger partial charge in [-0.2, -0.15) is 0 Å². The van der Waals surface area contributed by atoms with Crippen LogP contribution in [0.25, 0.3) is 11.7 Å². The number of thioether (sulfide) groups is 1. The van der Waals surface area contributed by atoms with Crippen molar-refractivity contribution in [1.29, 1.82) is 0 Å². The van der Waals surface area contributed by atoms with Crippen molar-refractivity contribution in [2.24, 2.45) is 0 Å².